The van der Waals surface area contributed by atoms with E-state index in [0.717, 1.165) is 15.9 Å². The number of fused-ring (bicyclic) bond motifs is 1. The molecule has 1 unspecified atom stereocenters. The maximum Gasteiger partial charge on any atom is 0.414 e. The number of furan rings is 1. The van der Waals surface area contributed by atoms with E-state index in [9.17, 15) is 14.4 Å². The second-order valence-corrected chi connectivity index (χ2v) is 6.20. The molecule has 2 aromatic rings. The average molecular weight is 376 g/mol. The molecule has 0 aliphatic rings. The number of alkyl carbamates (subject to hydrolysis) is 1. The Kier molecular flexibility index (Phi) is 7.36. The Balaban J connectivity index is 1.86. The standard InChI is InChI=1S/C19H25N3O5/c1-4-22(12-18(24)21-19(25)26-5-2)11-17(23)20-13(3)16-10-14-8-6-7-9-15(14)27-16/h6-10,13H,4-5,11-12H2,1-3H3,(H,20,23)(H,21,24,25)/p+1/t13-/m1/s1. The van der Waals surface area contributed by atoms with E-state index in [0.29, 0.717) is 12.3 Å². The number of carbonyl (C=O) groups is 3. The number of hydrogen-bond acceptors (Lipinski definition) is 5. The first kappa shape index (κ1) is 20.4. The second kappa shape index (κ2) is 9.72. The van der Waals surface area contributed by atoms with Gasteiger partial charge >= 0.3 is 6.09 Å². The van der Waals surface area contributed by atoms with E-state index in [1.807, 2.05) is 44.2 Å². The van der Waals surface area contributed by atoms with Crippen molar-refractivity contribution in [2.75, 3.05) is 26.2 Å². The zero-order valence-electron chi connectivity index (χ0n) is 15.8. The molecule has 0 fully saturated rings. The highest BCUT2D eigenvalue weighted by Crippen LogP contribution is 2.23. The van der Waals surface area contributed by atoms with Crippen LogP contribution in [0, 0.1) is 0 Å². The molecule has 8 nitrogen and oxygen atoms in total. The summed E-state index contributed by atoms with van der Waals surface area (Å²) in [5.41, 5.74) is 0.769. The Morgan fingerprint density at radius 1 is 1.15 bits per heavy atom. The minimum absolute atomic E-state index is 0.00174. The summed E-state index contributed by atoms with van der Waals surface area (Å²) in [6.07, 6.45) is -0.777. The molecule has 3 N–H and O–H groups in total. The maximum atomic E-state index is 12.3. The fraction of sp³-hybridized carbons (Fsp3) is 0.421. The number of carbonyl (C=O) groups excluding carboxylic acids is 3. The summed E-state index contributed by atoms with van der Waals surface area (Å²) < 4.78 is 10.4. The number of quaternary nitrogens is 1. The molecule has 0 radical (unpaired) electrons. The first-order valence-electron chi connectivity index (χ1n) is 9.00. The normalized spacial score (nSPS) is 13.0. The van der Waals surface area contributed by atoms with E-state index in [1.54, 1.807) is 6.92 Å². The Labute approximate surface area is 157 Å². The van der Waals surface area contributed by atoms with Crippen molar-refractivity contribution in [2.24, 2.45) is 0 Å². The van der Waals surface area contributed by atoms with Crippen molar-refractivity contribution in [1.82, 2.24) is 10.6 Å². The predicted octanol–water partition coefficient (Wildman–Crippen LogP) is 0.788. The molecule has 3 amide bonds. The number of hydrogen-bond donors (Lipinski definition) is 3. The summed E-state index contributed by atoms with van der Waals surface area (Å²) >= 11 is 0. The number of nitrogens with one attached hydrogen (secondary N) is 3. The van der Waals surface area contributed by atoms with Crippen LogP contribution in [0.2, 0.25) is 0 Å². The average Bonchev–Trinajstić information content (AvgIpc) is 3.05. The van der Waals surface area contributed by atoms with E-state index in [2.05, 4.69) is 15.4 Å². The highest BCUT2D eigenvalue weighted by atomic mass is 16.5. The number of para-hydroxylation sites is 1. The summed E-state index contributed by atoms with van der Waals surface area (Å²) in [6.45, 7) is 6.21. The molecule has 2 rings (SSSR count). The van der Waals surface area contributed by atoms with Crippen LogP contribution in [0.5, 0.6) is 0 Å². The molecular formula is C19H26N3O5+. The van der Waals surface area contributed by atoms with E-state index < -0.39 is 12.0 Å². The van der Waals surface area contributed by atoms with Gasteiger partial charge in [0.1, 0.15) is 11.3 Å². The van der Waals surface area contributed by atoms with Gasteiger partial charge in [0.05, 0.1) is 19.2 Å². The van der Waals surface area contributed by atoms with Gasteiger partial charge in [-0.1, -0.05) is 18.2 Å². The number of imide groups is 1. The molecule has 0 saturated carbocycles. The number of likely N-dealkylation sites (N-methyl/N-ethyl adjacent to an activating group) is 1. The summed E-state index contributed by atoms with van der Waals surface area (Å²) in [4.78, 5) is 36.2. The lowest BCUT2D eigenvalue weighted by atomic mass is 10.2. The molecule has 0 aliphatic heterocycles. The number of ether oxygens (including phenoxy) is 1. The molecule has 2 atom stereocenters. The van der Waals surface area contributed by atoms with Gasteiger partial charge in [-0.3, -0.25) is 14.9 Å². The Morgan fingerprint density at radius 2 is 1.85 bits per heavy atom. The number of amides is 3. The minimum Gasteiger partial charge on any atom is -0.459 e. The van der Waals surface area contributed by atoms with Crippen LogP contribution in [0.15, 0.2) is 34.7 Å². The maximum absolute atomic E-state index is 12.3. The van der Waals surface area contributed by atoms with Crippen LogP contribution >= 0.6 is 0 Å². The summed E-state index contributed by atoms with van der Waals surface area (Å²) in [7, 11) is 0. The second-order valence-electron chi connectivity index (χ2n) is 6.20. The van der Waals surface area contributed by atoms with Crippen molar-refractivity contribution in [1.29, 1.82) is 0 Å². The molecule has 1 heterocycles. The largest absolute Gasteiger partial charge is 0.459 e. The van der Waals surface area contributed by atoms with Crippen molar-refractivity contribution >= 4 is 28.9 Å². The van der Waals surface area contributed by atoms with Crippen molar-refractivity contribution in [3.8, 4) is 0 Å². The van der Waals surface area contributed by atoms with Crippen LogP contribution in [-0.4, -0.2) is 44.1 Å². The molecule has 146 valence electrons. The molecular weight excluding hydrogens is 350 g/mol. The Bertz CT molecular complexity index is 768. The van der Waals surface area contributed by atoms with Gasteiger partial charge in [0.2, 0.25) is 0 Å². The fourth-order valence-corrected chi connectivity index (χ4v) is 2.67. The first-order chi connectivity index (χ1) is 12.9. The van der Waals surface area contributed by atoms with Gasteiger partial charge in [-0.05, 0) is 32.9 Å². The topological polar surface area (TPSA) is 102 Å². The molecule has 0 bridgehead atoms. The number of benzene rings is 1. The van der Waals surface area contributed by atoms with Gasteiger partial charge in [-0.2, -0.15) is 0 Å². The highest BCUT2D eigenvalue weighted by Gasteiger charge is 2.21. The van der Waals surface area contributed by atoms with Gasteiger partial charge < -0.3 is 19.4 Å². The third-order valence-electron chi connectivity index (χ3n) is 4.09. The third-order valence-corrected chi connectivity index (χ3v) is 4.09. The molecule has 8 heteroatoms. The van der Waals surface area contributed by atoms with Gasteiger partial charge in [-0.25, -0.2) is 4.79 Å². The van der Waals surface area contributed by atoms with E-state index in [-0.39, 0.29) is 31.6 Å². The van der Waals surface area contributed by atoms with Gasteiger partial charge in [0, 0.05) is 5.39 Å². The lowest BCUT2D eigenvalue weighted by molar-refractivity contribution is -0.881. The highest BCUT2D eigenvalue weighted by molar-refractivity contribution is 5.92. The molecule has 1 aromatic heterocycles. The zero-order valence-corrected chi connectivity index (χ0v) is 15.8. The van der Waals surface area contributed by atoms with Crippen LogP contribution in [0.1, 0.15) is 32.6 Å². The van der Waals surface area contributed by atoms with Crippen LogP contribution in [0.4, 0.5) is 4.79 Å². The smallest absolute Gasteiger partial charge is 0.414 e. The predicted molar refractivity (Wildman–Crippen MR) is 99.2 cm³/mol. The van der Waals surface area contributed by atoms with Crippen LogP contribution in [-0.2, 0) is 14.3 Å². The van der Waals surface area contributed by atoms with Crippen molar-refractivity contribution in [3.63, 3.8) is 0 Å². The van der Waals surface area contributed by atoms with Crippen molar-refractivity contribution in [2.45, 2.75) is 26.8 Å². The van der Waals surface area contributed by atoms with E-state index in [1.165, 1.54) is 0 Å². The van der Waals surface area contributed by atoms with Gasteiger partial charge in [0.15, 0.2) is 13.1 Å². The summed E-state index contributed by atoms with van der Waals surface area (Å²) in [6, 6.07) is 9.24. The lowest BCUT2D eigenvalue weighted by Crippen LogP contribution is -3.14. The molecule has 27 heavy (non-hydrogen) atoms. The quantitative estimate of drug-likeness (QED) is 0.632. The SMILES string of the molecule is CCOC(=O)NC(=O)C[NH+](CC)CC(=O)N[C@H](C)c1cc2ccccc2o1. The zero-order chi connectivity index (χ0) is 19.8. The molecule has 0 saturated heterocycles. The molecule has 1 aromatic carbocycles. The van der Waals surface area contributed by atoms with Crippen molar-refractivity contribution in [3.05, 3.63) is 36.1 Å². The fourth-order valence-electron chi connectivity index (χ4n) is 2.67. The van der Waals surface area contributed by atoms with Crippen LogP contribution < -0.4 is 15.5 Å². The summed E-state index contributed by atoms with van der Waals surface area (Å²) in [5.74, 6) is -0.0187. The molecule has 0 spiro atoms. The van der Waals surface area contributed by atoms with Crippen LogP contribution in [0.3, 0.4) is 0 Å². The number of rotatable bonds is 8. The first-order valence-corrected chi connectivity index (χ1v) is 9.00. The van der Waals surface area contributed by atoms with Gasteiger partial charge in [-0.15, -0.1) is 0 Å². The Morgan fingerprint density at radius 3 is 2.52 bits per heavy atom. The lowest BCUT2D eigenvalue weighted by Gasteiger charge is -2.18. The van der Waals surface area contributed by atoms with E-state index in [4.69, 9.17) is 4.42 Å². The third kappa shape index (κ3) is 6.10. The van der Waals surface area contributed by atoms with E-state index >= 15 is 0 Å². The summed E-state index contributed by atoms with van der Waals surface area (Å²) in [5, 5.41) is 5.99. The van der Waals surface area contributed by atoms with Gasteiger partial charge in [0.25, 0.3) is 11.8 Å². The monoisotopic (exact) mass is 376 g/mol. The molecule has 0 aliphatic carbocycles. The van der Waals surface area contributed by atoms with Crippen molar-refractivity contribution < 1.29 is 28.4 Å². The minimum atomic E-state index is -0.777. The van der Waals surface area contributed by atoms with Crippen LogP contribution in [0.25, 0.3) is 11.0 Å². The Hall–Kier alpha value is -2.87.